The molecule has 0 radical (unpaired) electrons. The monoisotopic (exact) mass is 372 g/mol. The van der Waals surface area contributed by atoms with Gasteiger partial charge in [-0.1, -0.05) is 29.2 Å². The molecule has 0 aliphatic carbocycles. The third-order valence-electron chi connectivity index (χ3n) is 4.01. The summed E-state index contributed by atoms with van der Waals surface area (Å²) in [4.78, 5) is 18.5. The smallest absolute Gasteiger partial charge is 0.258 e. The Morgan fingerprint density at radius 3 is 2.80 bits per heavy atom. The van der Waals surface area contributed by atoms with E-state index in [0.29, 0.717) is 13.1 Å². The number of allylic oxidation sites excluding steroid dienone is 1. The maximum absolute atomic E-state index is 12.4. The standard InChI is InChI=1S/C19H17ClN2O2S/c1-13-4-2-6-15(21-13)7-3-5-14-8-10-22(11-9-14)19(24)16-12-25-18(20)17(16)23/h2,4-6,12,23H,8-11H2,1H3. The number of nitrogens with zero attached hydrogens (tertiary/aromatic N) is 2. The van der Waals surface area contributed by atoms with Crippen LogP contribution in [-0.2, 0) is 0 Å². The van der Waals surface area contributed by atoms with Crippen molar-refractivity contribution >= 4 is 28.8 Å². The van der Waals surface area contributed by atoms with Gasteiger partial charge in [0.05, 0.1) is 5.56 Å². The summed E-state index contributed by atoms with van der Waals surface area (Å²) in [6.07, 6.45) is 3.48. The van der Waals surface area contributed by atoms with Gasteiger partial charge in [0.2, 0.25) is 0 Å². The van der Waals surface area contributed by atoms with Crippen molar-refractivity contribution in [1.29, 1.82) is 0 Å². The second-order valence-electron chi connectivity index (χ2n) is 5.80. The Morgan fingerprint density at radius 1 is 1.40 bits per heavy atom. The van der Waals surface area contributed by atoms with Crippen LogP contribution < -0.4 is 0 Å². The van der Waals surface area contributed by atoms with E-state index in [-0.39, 0.29) is 21.6 Å². The van der Waals surface area contributed by atoms with E-state index in [9.17, 15) is 9.90 Å². The van der Waals surface area contributed by atoms with E-state index in [1.807, 2.05) is 31.2 Å². The molecule has 0 spiro atoms. The third-order valence-corrected chi connectivity index (χ3v) is 5.21. The Bertz CT molecular complexity index is 882. The minimum atomic E-state index is -0.172. The maximum Gasteiger partial charge on any atom is 0.258 e. The minimum absolute atomic E-state index is 0.116. The molecule has 1 saturated heterocycles. The fourth-order valence-corrected chi connectivity index (χ4v) is 3.51. The van der Waals surface area contributed by atoms with E-state index in [1.165, 1.54) is 16.9 Å². The molecule has 0 unspecified atom stereocenters. The maximum atomic E-state index is 12.4. The van der Waals surface area contributed by atoms with E-state index in [0.717, 1.165) is 24.2 Å². The lowest BCUT2D eigenvalue weighted by atomic mass is 10.0. The second-order valence-corrected chi connectivity index (χ2v) is 7.28. The summed E-state index contributed by atoms with van der Waals surface area (Å²) >= 11 is 6.99. The number of carbonyl (C=O) groups is 1. The Balaban J connectivity index is 1.60. The van der Waals surface area contributed by atoms with Crippen LogP contribution in [-0.4, -0.2) is 34.0 Å². The average Bonchev–Trinajstić information content (AvgIpc) is 2.94. The largest absolute Gasteiger partial charge is 0.505 e. The van der Waals surface area contributed by atoms with Gasteiger partial charge < -0.3 is 10.0 Å². The van der Waals surface area contributed by atoms with Crippen molar-refractivity contribution in [3.05, 3.63) is 56.5 Å². The van der Waals surface area contributed by atoms with Crippen molar-refractivity contribution in [3.8, 4) is 17.6 Å². The molecule has 2 aromatic heterocycles. The zero-order valence-electron chi connectivity index (χ0n) is 13.8. The van der Waals surface area contributed by atoms with Crippen LogP contribution in [0.4, 0.5) is 0 Å². The number of likely N-dealkylation sites (tertiary alicyclic amines) is 1. The summed E-state index contributed by atoms with van der Waals surface area (Å²) in [5.74, 6) is 5.80. The van der Waals surface area contributed by atoms with Gasteiger partial charge in [0.1, 0.15) is 10.0 Å². The first-order valence-electron chi connectivity index (χ1n) is 7.93. The number of aryl methyl sites for hydroxylation is 1. The normalized spacial score (nSPS) is 14.0. The van der Waals surface area contributed by atoms with Gasteiger partial charge in [-0.15, -0.1) is 11.3 Å². The van der Waals surface area contributed by atoms with E-state index < -0.39 is 0 Å². The van der Waals surface area contributed by atoms with Gasteiger partial charge in [-0.25, -0.2) is 4.98 Å². The zero-order chi connectivity index (χ0) is 17.8. The van der Waals surface area contributed by atoms with Crippen LogP contribution in [0.1, 0.15) is 34.6 Å². The van der Waals surface area contributed by atoms with E-state index in [1.54, 1.807) is 10.3 Å². The number of hydrogen-bond acceptors (Lipinski definition) is 4. The highest BCUT2D eigenvalue weighted by Crippen LogP contribution is 2.35. The number of hydrogen-bond donors (Lipinski definition) is 1. The molecule has 0 aromatic carbocycles. The summed E-state index contributed by atoms with van der Waals surface area (Å²) in [7, 11) is 0. The first kappa shape index (κ1) is 17.5. The Labute approximate surface area is 155 Å². The molecule has 0 bridgehead atoms. The number of halogens is 1. The Hall–Kier alpha value is -2.29. The van der Waals surface area contributed by atoms with Crippen LogP contribution in [0.15, 0.2) is 35.2 Å². The highest BCUT2D eigenvalue weighted by Gasteiger charge is 2.24. The van der Waals surface area contributed by atoms with E-state index in [2.05, 4.69) is 16.8 Å². The van der Waals surface area contributed by atoms with Gasteiger partial charge in [-0.3, -0.25) is 4.79 Å². The molecule has 3 heterocycles. The van der Waals surface area contributed by atoms with Crippen molar-refractivity contribution in [2.24, 2.45) is 0 Å². The number of thiophene rings is 1. The highest BCUT2D eigenvalue weighted by atomic mass is 35.5. The number of piperidine rings is 1. The number of aromatic nitrogens is 1. The predicted octanol–water partition coefficient (Wildman–Crippen LogP) is 4.02. The molecule has 1 fully saturated rings. The third kappa shape index (κ3) is 4.22. The lowest BCUT2D eigenvalue weighted by Gasteiger charge is -2.28. The average molecular weight is 373 g/mol. The Kier molecular flexibility index (Phi) is 5.42. The van der Waals surface area contributed by atoms with E-state index >= 15 is 0 Å². The fourth-order valence-electron chi connectivity index (χ4n) is 2.62. The van der Waals surface area contributed by atoms with Crippen molar-refractivity contribution in [1.82, 2.24) is 9.88 Å². The van der Waals surface area contributed by atoms with Gasteiger partial charge in [0.15, 0.2) is 5.75 Å². The predicted molar refractivity (Wildman–Crippen MR) is 100 cm³/mol. The number of aromatic hydroxyl groups is 1. The molecular formula is C19H17ClN2O2S. The number of pyridine rings is 1. The van der Waals surface area contributed by atoms with Gasteiger partial charge in [0, 0.05) is 24.2 Å². The van der Waals surface area contributed by atoms with Crippen LogP contribution >= 0.6 is 22.9 Å². The lowest BCUT2D eigenvalue weighted by Crippen LogP contribution is -2.36. The van der Waals surface area contributed by atoms with Crippen molar-refractivity contribution < 1.29 is 9.90 Å². The molecule has 4 nitrogen and oxygen atoms in total. The second kappa shape index (κ2) is 7.73. The summed E-state index contributed by atoms with van der Waals surface area (Å²) in [6.45, 7) is 3.17. The van der Waals surface area contributed by atoms with Crippen LogP contribution in [0.5, 0.6) is 5.75 Å². The van der Waals surface area contributed by atoms with Crippen molar-refractivity contribution in [2.45, 2.75) is 19.8 Å². The molecule has 3 rings (SSSR count). The van der Waals surface area contributed by atoms with Crippen LogP contribution in [0.2, 0.25) is 4.34 Å². The first-order valence-corrected chi connectivity index (χ1v) is 9.18. The molecule has 1 aliphatic heterocycles. The van der Waals surface area contributed by atoms with Gasteiger partial charge in [-0.2, -0.15) is 0 Å². The number of rotatable bonds is 1. The quantitative estimate of drug-likeness (QED) is 0.769. The Morgan fingerprint density at radius 2 is 2.16 bits per heavy atom. The number of carbonyl (C=O) groups excluding carboxylic acids is 1. The summed E-state index contributed by atoms with van der Waals surface area (Å²) in [5.41, 5.74) is 3.21. The number of amides is 1. The summed E-state index contributed by atoms with van der Waals surface area (Å²) < 4.78 is 0.251. The van der Waals surface area contributed by atoms with Crippen LogP contribution in [0.25, 0.3) is 0 Å². The van der Waals surface area contributed by atoms with Crippen molar-refractivity contribution in [3.63, 3.8) is 0 Å². The molecular weight excluding hydrogens is 356 g/mol. The van der Waals surface area contributed by atoms with Crippen molar-refractivity contribution in [2.75, 3.05) is 13.1 Å². The fraction of sp³-hybridized carbons (Fsp3) is 0.263. The van der Waals surface area contributed by atoms with Crippen LogP contribution in [0.3, 0.4) is 0 Å². The van der Waals surface area contributed by atoms with Crippen LogP contribution in [0, 0.1) is 18.8 Å². The molecule has 25 heavy (non-hydrogen) atoms. The molecule has 128 valence electrons. The van der Waals surface area contributed by atoms with Gasteiger partial charge in [0.25, 0.3) is 5.91 Å². The molecule has 1 aliphatic rings. The lowest BCUT2D eigenvalue weighted by molar-refractivity contribution is 0.0741. The van der Waals surface area contributed by atoms with Gasteiger partial charge >= 0.3 is 0 Å². The molecule has 6 heteroatoms. The SMILES string of the molecule is Cc1cccc(C#CC=C2CCN(C(=O)c3csc(Cl)c3O)CC2)n1. The minimum Gasteiger partial charge on any atom is -0.505 e. The first-order chi connectivity index (χ1) is 12.0. The topological polar surface area (TPSA) is 53.4 Å². The molecule has 1 amide bonds. The molecule has 2 aromatic rings. The molecule has 1 N–H and O–H groups in total. The zero-order valence-corrected chi connectivity index (χ0v) is 15.3. The highest BCUT2D eigenvalue weighted by molar-refractivity contribution is 7.15. The molecule has 0 atom stereocenters. The van der Waals surface area contributed by atoms with E-state index in [4.69, 9.17) is 11.6 Å². The summed E-state index contributed by atoms with van der Waals surface area (Å²) in [6, 6.07) is 5.77. The summed E-state index contributed by atoms with van der Waals surface area (Å²) in [5, 5.41) is 11.4. The van der Waals surface area contributed by atoms with Gasteiger partial charge in [-0.05, 0) is 43.9 Å². The molecule has 0 saturated carbocycles.